The van der Waals surface area contributed by atoms with Crippen LogP contribution < -0.4 is 11.1 Å². The quantitative estimate of drug-likeness (QED) is 0.830. The molecule has 1 aromatic rings. The van der Waals surface area contributed by atoms with Crippen molar-refractivity contribution in [2.24, 2.45) is 11.7 Å². The summed E-state index contributed by atoms with van der Waals surface area (Å²) in [5.74, 6) is -0.397. The van der Waals surface area contributed by atoms with E-state index in [4.69, 9.17) is 5.73 Å². The smallest absolute Gasteiger partial charge is 0.243 e. The van der Waals surface area contributed by atoms with Crippen molar-refractivity contribution in [1.29, 1.82) is 0 Å². The average Bonchev–Trinajstić information content (AvgIpc) is 2.94. The molecule has 0 spiro atoms. The number of carbonyl (C=O) groups excluding carboxylic acids is 2. The Morgan fingerprint density at radius 3 is 2.62 bits per heavy atom. The van der Waals surface area contributed by atoms with Crippen molar-refractivity contribution in [3.05, 3.63) is 5.01 Å². The van der Waals surface area contributed by atoms with Gasteiger partial charge in [-0.25, -0.2) is 0 Å². The number of carbonyl (C=O) groups is 2. The molecule has 1 aliphatic heterocycles. The molecule has 0 radical (unpaired) electrons. The van der Waals surface area contributed by atoms with Gasteiger partial charge < -0.3 is 5.73 Å². The summed E-state index contributed by atoms with van der Waals surface area (Å²) in [7, 11) is 0. The van der Waals surface area contributed by atoms with E-state index in [0.29, 0.717) is 31.1 Å². The predicted octanol–water partition coefficient (Wildman–Crippen LogP) is 0.625. The summed E-state index contributed by atoms with van der Waals surface area (Å²) in [5.41, 5.74) is 5.32. The van der Waals surface area contributed by atoms with Crippen LogP contribution in [-0.2, 0) is 16.0 Å². The molecule has 1 fully saturated rings. The van der Waals surface area contributed by atoms with E-state index in [0.717, 1.165) is 11.4 Å². The van der Waals surface area contributed by atoms with E-state index in [-0.39, 0.29) is 23.8 Å². The average molecular weight is 311 g/mol. The summed E-state index contributed by atoms with van der Waals surface area (Å²) < 4.78 is 0. The van der Waals surface area contributed by atoms with Gasteiger partial charge in [-0.15, -0.1) is 10.2 Å². The van der Waals surface area contributed by atoms with E-state index in [1.54, 1.807) is 0 Å². The number of nitrogens with two attached hydrogens (primary N) is 1. The van der Waals surface area contributed by atoms with Crippen LogP contribution in [0.5, 0.6) is 0 Å². The number of piperidine rings is 1. The number of hydrogen-bond acceptors (Lipinski definition) is 6. The van der Waals surface area contributed by atoms with Crippen LogP contribution in [0.2, 0.25) is 0 Å². The lowest BCUT2D eigenvalue weighted by atomic mass is 9.95. The molecule has 2 amide bonds. The minimum Gasteiger partial charge on any atom is -0.369 e. The van der Waals surface area contributed by atoms with Gasteiger partial charge in [-0.1, -0.05) is 18.3 Å². The molecule has 0 aromatic carbocycles. The second-order valence-corrected chi connectivity index (χ2v) is 6.29. The fraction of sp³-hybridized carbons (Fsp3) is 0.692. The van der Waals surface area contributed by atoms with E-state index in [9.17, 15) is 9.59 Å². The first-order valence-electron chi connectivity index (χ1n) is 7.17. The molecule has 2 heterocycles. The van der Waals surface area contributed by atoms with Crippen LogP contribution in [0.15, 0.2) is 0 Å². The van der Waals surface area contributed by atoms with Crippen molar-refractivity contribution in [3.63, 3.8) is 0 Å². The molecule has 1 aliphatic rings. The van der Waals surface area contributed by atoms with Gasteiger partial charge in [0.05, 0.1) is 6.04 Å². The van der Waals surface area contributed by atoms with Gasteiger partial charge in [0.1, 0.15) is 5.01 Å². The Bertz CT molecular complexity index is 510. The third-order valence-corrected chi connectivity index (χ3v) is 4.84. The molecule has 1 atom stereocenters. The summed E-state index contributed by atoms with van der Waals surface area (Å²) in [6.45, 7) is 5.27. The van der Waals surface area contributed by atoms with Gasteiger partial charge in [-0.05, 0) is 39.3 Å². The predicted molar refractivity (Wildman–Crippen MR) is 80.9 cm³/mol. The molecule has 0 bridgehead atoms. The summed E-state index contributed by atoms with van der Waals surface area (Å²) in [5, 5.41) is 12.2. The number of nitrogens with one attached hydrogen (secondary N) is 1. The van der Waals surface area contributed by atoms with Gasteiger partial charge in [-0.2, -0.15) is 0 Å². The van der Waals surface area contributed by atoms with Gasteiger partial charge in [0.25, 0.3) is 0 Å². The van der Waals surface area contributed by atoms with Gasteiger partial charge in [-0.3, -0.25) is 19.8 Å². The fourth-order valence-electron chi connectivity index (χ4n) is 2.39. The molecule has 1 aromatic heterocycles. The Hall–Kier alpha value is -1.54. The Morgan fingerprint density at radius 2 is 2.10 bits per heavy atom. The molecule has 21 heavy (non-hydrogen) atoms. The highest BCUT2D eigenvalue weighted by atomic mass is 32.1. The molecular weight excluding hydrogens is 290 g/mol. The number of aryl methyl sites for hydroxylation is 1. The lowest BCUT2D eigenvalue weighted by Gasteiger charge is -2.34. The number of likely N-dealkylation sites (tertiary alicyclic amines) is 1. The number of anilines is 1. The van der Waals surface area contributed by atoms with Crippen LogP contribution in [0.1, 0.15) is 31.7 Å². The summed E-state index contributed by atoms with van der Waals surface area (Å²) in [6.07, 6.45) is 2.24. The third-order valence-electron chi connectivity index (χ3n) is 3.86. The summed E-state index contributed by atoms with van der Waals surface area (Å²) >= 11 is 1.40. The maximum atomic E-state index is 12.2. The van der Waals surface area contributed by atoms with Gasteiger partial charge in [0.2, 0.25) is 16.9 Å². The van der Waals surface area contributed by atoms with Crippen molar-refractivity contribution in [1.82, 2.24) is 15.1 Å². The van der Waals surface area contributed by atoms with Crippen LogP contribution in [0.25, 0.3) is 0 Å². The second-order valence-electron chi connectivity index (χ2n) is 5.23. The fourth-order valence-corrected chi connectivity index (χ4v) is 3.08. The number of hydrogen-bond donors (Lipinski definition) is 2. The molecule has 1 saturated heterocycles. The molecule has 0 aliphatic carbocycles. The summed E-state index contributed by atoms with van der Waals surface area (Å²) in [6, 6.07) is -0.257. The van der Waals surface area contributed by atoms with E-state index in [1.807, 2.05) is 13.8 Å². The number of nitrogens with zero attached hydrogens (tertiary/aromatic N) is 3. The zero-order chi connectivity index (χ0) is 15.4. The number of rotatable bonds is 5. The molecule has 116 valence electrons. The van der Waals surface area contributed by atoms with Gasteiger partial charge in [0, 0.05) is 5.92 Å². The van der Waals surface area contributed by atoms with Gasteiger partial charge >= 0.3 is 0 Å². The topological polar surface area (TPSA) is 101 Å². The Labute approximate surface area is 127 Å². The molecular formula is C13H21N5O2S. The first-order valence-corrected chi connectivity index (χ1v) is 7.99. The number of primary amides is 1. The van der Waals surface area contributed by atoms with Crippen LogP contribution in [0.3, 0.4) is 0 Å². The lowest BCUT2D eigenvalue weighted by Crippen LogP contribution is -2.47. The lowest BCUT2D eigenvalue weighted by molar-refractivity contribution is -0.124. The highest BCUT2D eigenvalue weighted by Crippen LogP contribution is 2.20. The minimum atomic E-state index is -0.257. The molecule has 0 saturated carbocycles. The molecule has 2 rings (SSSR count). The standard InChI is InChI=1S/C13H21N5O2S/c1-3-10-16-17-13(21-10)15-12(20)8(2)18-6-4-9(5-7-18)11(14)19/h8-9H,3-7H2,1-2H3,(H2,14,19)(H,15,17,20). The molecule has 3 N–H and O–H groups in total. The Morgan fingerprint density at radius 1 is 1.43 bits per heavy atom. The normalized spacial score (nSPS) is 18.4. The van der Waals surface area contributed by atoms with Crippen LogP contribution >= 0.6 is 11.3 Å². The highest BCUT2D eigenvalue weighted by molar-refractivity contribution is 7.15. The third kappa shape index (κ3) is 3.98. The molecule has 8 heteroatoms. The Balaban J connectivity index is 1.86. The van der Waals surface area contributed by atoms with E-state index in [1.165, 1.54) is 11.3 Å². The van der Waals surface area contributed by atoms with Crippen molar-refractivity contribution < 1.29 is 9.59 Å². The zero-order valence-corrected chi connectivity index (χ0v) is 13.2. The maximum Gasteiger partial charge on any atom is 0.243 e. The van der Waals surface area contributed by atoms with Crippen LogP contribution in [0.4, 0.5) is 5.13 Å². The van der Waals surface area contributed by atoms with Crippen molar-refractivity contribution in [3.8, 4) is 0 Å². The SMILES string of the molecule is CCc1nnc(NC(=O)C(C)N2CCC(C(N)=O)CC2)s1. The van der Waals surface area contributed by atoms with Gasteiger partial charge in [0.15, 0.2) is 0 Å². The minimum absolute atomic E-state index is 0.0632. The second kappa shape index (κ2) is 6.95. The first kappa shape index (κ1) is 15.8. The van der Waals surface area contributed by atoms with Crippen LogP contribution in [0, 0.1) is 5.92 Å². The summed E-state index contributed by atoms with van der Waals surface area (Å²) in [4.78, 5) is 25.4. The van der Waals surface area contributed by atoms with Crippen molar-refractivity contribution in [2.45, 2.75) is 39.2 Å². The highest BCUT2D eigenvalue weighted by Gasteiger charge is 2.29. The van der Waals surface area contributed by atoms with Crippen LogP contribution in [-0.4, -0.2) is 46.0 Å². The van der Waals surface area contributed by atoms with E-state index < -0.39 is 0 Å². The zero-order valence-electron chi connectivity index (χ0n) is 12.3. The van der Waals surface area contributed by atoms with Crippen molar-refractivity contribution >= 4 is 28.3 Å². The van der Waals surface area contributed by atoms with E-state index >= 15 is 0 Å². The Kier molecular flexibility index (Phi) is 5.24. The first-order chi connectivity index (χ1) is 10.0. The molecule has 7 nitrogen and oxygen atoms in total. The van der Waals surface area contributed by atoms with Crippen molar-refractivity contribution in [2.75, 3.05) is 18.4 Å². The van der Waals surface area contributed by atoms with E-state index in [2.05, 4.69) is 20.4 Å². The number of amides is 2. The largest absolute Gasteiger partial charge is 0.369 e. The number of aromatic nitrogens is 2. The monoisotopic (exact) mass is 311 g/mol. The molecule has 1 unspecified atom stereocenters. The maximum absolute atomic E-state index is 12.2.